The molecule has 1 saturated carbocycles. The molecule has 4 heteroatoms. The van der Waals surface area contributed by atoms with Crippen molar-refractivity contribution in [1.29, 1.82) is 0 Å². The van der Waals surface area contributed by atoms with Crippen molar-refractivity contribution in [3.05, 3.63) is 0 Å². The Bertz CT molecular complexity index is 394. The van der Waals surface area contributed by atoms with Gasteiger partial charge in [0.25, 0.3) is 0 Å². The molecule has 0 aromatic carbocycles. The third-order valence-corrected chi connectivity index (χ3v) is 5.59. The monoisotopic (exact) mass is 368 g/mol. The molecule has 0 bridgehead atoms. The molecule has 1 rings (SSSR count). The summed E-state index contributed by atoms with van der Waals surface area (Å²) < 4.78 is 11.0. The van der Waals surface area contributed by atoms with Crippen LogP contribution in [0.25, 0.3) is 0 Å². The van der Waals surface area contributed by atoms with Gasteiger partial charge in [0.15, 0.2) is 0 Å². The van der Waals surface area contributed by atoms with Gasteiger partial charge in [-0.25, -0.2) is 0 Å². The zero-order valence-corrected chi connectivity index (χ0v) is 17.3. The highest BCUT2D eigenvalue weighted by molar-refractivity contribution is 5.76. The third kappa shape index (κ3) is 9.05. The van der Waals surface area contributed by atoms with E-state index < -0.39 is 0 Å². The first-order valence-corrected chi connectivity index (χ1v) is 11.0. The van der Waals surface area contributed by atoms with Crippen molar-refractivity contribution in [2.45, 2.75) is 97.8 Å². The number of hydrogen-bond donors (Lipinski definition) is 0. The van der Waals surface area contributed by atoms with Gasteiger partial charge >= 0.3 is 11.9 Å². The second kappa shape index (κ2) is 14.1. The molecule has 26 heavy (non-hydrogen) atoms. The largest absolute Gasteiger partial charge is 0.465 e. The molecule has 0 aliphatic heterocycles. The lowest BCUT2D eigenvalue weighted by atomic mass is 9.81. The fraction of sp³-hybridized carbons (Fsp3) is 0.909. The maximum absolute atomic E-state index is 12.4. The van der Waals surface area contributed by atoms with Crippen LogP contribution in [-0.4, -0.2) is 25.2 Å². The molecule has 0 N–H and O–H groups in total. The first-order valence-electron chi connectivity index (χ1n) is 11.0. The number of hydrogen-bond acceptors (Lipinski definition) is 4. The average Bonchev–Trinajstić information content (AvgIpc) is 2.67. The van der Waals surface area contributed by atoms with Crippen LogP contribution in [0, 0.1) is 17.8 Å². The van der Waals surface area contributed by atoms with Crippen LogP contribution >= 0.6 is 0 Å². The lowest BCUT2D eigenvalue weighted by molar-refractivity contribution is -0.156. The van der Waals surface area contributed by atoms with Crippen LogP contribution < -0.4 is 0 Å². The molecule has 3 unspecified atom stereocenters. The Morgan fingerprint density at radius 2 is 1.54 bits per heavy atom. The Morgan fingerprint density at radius 3 is 2.15 bits per heavy atom. The minimum absolute atomic E-state index is 0.111. The zero-order chi connectivity index (χ0) is 19.2. The van der Waals surface area contributed by atoms with Crippen molar-refractivity contribution in [3.63, 3.8) is 0 Å². The molecule has 3 atom stereocenters. The van der Waals surface area contributed by atoms with Crippen LogP contribution in [0.1, 0.15) is 97.8 Å². The summed E-state index contributed by atoms with van der Waals surface area (Å²) in [4.78, 5) is 24.7. The van der Waals surface area contributed by atoms with E-state index in [-0.39, 0.29) is 23.8 Å². The first-order chi connectivity index (χ1) is 12.6. The van der Waals surface area contributed by atoms with Crippen molar-refractivity contribution < 1.29 is 19.1 Å². The molecular weight excluding hydrogens is 328 g/mol. The molecule has 4 nitrogen and oxygen atoms in total. The van der Waals surface area contributed by atoms with Gasteiger partial charge < -0.3 is 9.47 Å². The van der Waals surface area contributed by atoms with Gasteiger partial charge in [0.1, 0.15) is 0 Å². The molecule has 152 valence electrons. The Morgan fingerprint density at radius 1 is 0.885 bits per heavy atom. The summed E-state index contributed by atoms with van der Waals surface area (Å²) in [6, 6.07) is 0. The Labute approximate surface area is 160 Å². The van der Waals surface area contributed by atoms with Crippen LogP contribution in [0.5, 0.6) is 0 Å². The summed E-state index contributed by atoms with van der Waals surface area (Å²) in [6.45, 7) is 7.54. The molecule has 0 aromatic heterocycles. The summed E-state index contributed by atoms with van der Waals surface area (Å²) in [6.07, 6.45) is 12.1. The normalized spacial score (nSPS) is 21.2. The lowest BCUT2D eigenvalue weighted by Crippen LogP contribution is -2.30. The van der Waals surface area contributed by atoms with E-state index in [0.717, 1.165) is 44.9 Å². The third-order valence-electron chi connectivity index (χ3n) is 5.59. The minimum Gasteiger partial charge on any atom is -0.465 e. The van der Waals surface area contributed by atoms with Crippen molar-refractivity contribution in [2.24, 2.45) is 17.8 Å². The Balaban J connectivity index is 2.32. The van der Waals surface area contributed by atoms with Crippen LogP contribution in [0.4, 0.5) is 0 Å². The number of carbonyl (C=O) groups is 2. The summed E-state index contributed by atoms with van der Waals surface area (Å²) in [7, 11) is 0. The smallest absolute Gasteiger partial charge is 0.308 e. The van der Waals surface area contributed by atoms with Crippen LogP contribution in [0.15, 0.2) is 0 Å². The number of ether oxygens (including phenoxy) is 2. The molecule has 1 aliphatic rings. The van der Waals surface area contributed by atoms with Gasteiger partial charge in [-0.1, -0.05) is 65.7 Å². The zero-order valence-electron chi connectivity index (χ0n) is 17.3. The summed E-state index contributed by atoms with van der Waals surface area (Å²) in [5.74, 6) is -0.0280. The Kier molecular flexibility index (Phi) is 12.4. The fourth-order valence-electron chi connectivity index (χ4n) is 3.65. The van der Waals surface area contributed by atoms with Gasteiger partial charge in [0.05, 0.1) is 25.0 Å². The summed E-state index contributed by atoms with van der Waals surface area (Å²) in [5.41, 5.74) is 0. The van der Waals surface area contributed by atoms with Gasteiger partial charge in [-0.15, -0.1) is 0 Å². The Hall–Kier alpha value is -1.06. The molecule has 0 spiro atoms. The maximum Gasteiger partial charge on any atom is 0.308 e. The van der Waals surface area contributed by atoms with Crippen LogP contribution in [0.2, 0.25) is 0 Å². The quantitative estimate of drug-likeness (QED) is 0.310. The number of esters is 2. The van der Waals surface area contributed by atoms with E-state index in [1.807, 2.05) is 0 Å². The second-order valence-corrected chi connectivity index (χ2v) is 7.84. The predicted molar refractivity (Wildman–Crippen MR) is 105 cm³/mol. The topological polar surface area (TPSA) is 52.6 Å². The average molecular weight is 369 g/mol. The first kappa shape index (κ1) is 23.0. The van der Waals surface area contributed by atoms with Gasteiger partial charge in [-0.2, -0.15) is 0 Å². The predicted octanol–water partition coefficient (Wildman–Crippen LogP) is 5.68. The number of carbonyl (C=O) groups excluding carboxylic acids is 2. The van der Waals surface area contributed by atoms with Crippen molar-refractivity contribution in [1.82, 2.24) is 0 Å². The van der Waals surface area contributed by atoms with Crippen molar-refractivity contribution in [3.8, 4) is 0 Å². The molecule has 0 radical (unpaired) electrons. The van der Waals surface area contributed by atoms with Gasteiger partial charge in [-0.3, -0.25) is 9.59 Å². The van der Waals surface area contributed by atoms with E-state index in [2.05, 4.69) is 20.8 Å². The highest BCUT2D eigenvalue weighted by Gasteiger charge is 2.33. The molecule has 0 amide bonds. The summed E-state index contributed by atoms with van der Waals surface area (Å²) in [5, 5.41) is 0. The minimum atomic E-state index is -0.134. The molecule has 1 fully saturated rings. The standard InChI is InChI=1S/C22H40O4/c1-4-7-9-10-15-25-21(23)19-13-11-14-20(16-19)22(24)26-17-18(6-3)12-8-5-2/h18-20H,4-17H2,1-3H3. The van der Waals surface area contributed by atoms with E-state index in [4.69, 9.17) is 9.47 Å². The molecular formula is C22H40O4. The molecule has 0 aromatic rings. The van der Waals surface area contributed by atoms with Crippen LogP contribution in [0.3, 0.4) is 0 Å². The van der Waals surface area contributed by atoms with E-state index in [1.165, 1.54) is 25.7 Å². The highest BCUT2D eigenvalue weighted by atomic mass is 16.5. The van der Waals surface area contributed by atoms with Gasteiger partial charge in [-0.05, 0) is 38.0 Å². The number of rotatable bonds is 13. The molecule has 0 heterocycles. The van der Waals surface area contributed by atoms with Crippen molar-refractivity contribution in [2.75, 3.05) is 13.2 Å². The SMILES string of the molecule is CCCCCCOC(=O)C1CCCC(C(=O)OCC(CC)CCCC)C1. The lowest BCUT2D eigenvalue weighted by Gasteiger charge is -2.27. The van der Waals surface area contributed by atoms with E-state index in [9.17, 15) is 9.59 Å². The van der Waals surface area contributed by atoms with E-state index in [1.54, 1.807) is 0 Å². The van der Waals surface area contributed by atoms with E-state index >= 15 is 0 Å². The fourth-order valence-corrected chi connectivity index (χ4v) is 3.65. The molecule has 0 saturated heterocycles. The maximum atomic E-state index is 12.4. The van der Waals surface area contributed by atoms with Gasteiger partial charge in [0, 0.05) is 0 Å². The van der Waals surface area contributed by atoms with Gasteiger partial charge in [0.2, 0.25) is 0 Å². The van der Waals surface area contributed by atoms with Crippen molar-refractivity contribution >= 4 is 11.9 Å². The van der Waals surface area contributed by atoms with E-state index in [0.29, 0.717) is 25.6 Å². The summed E-state index contributed by atoms with van der Waals surface area (Å²) >= 11 is 0. The highest BCUT2D eigenvalue weighted by Crippen LogP contribution is 2.31. The second-order valence-electron chi connectivity index (χ2n) is 7.84. The molecule has 1 aliphatic carbocycles. The number of unbranched alkanes of at least 4 members (excludes halogenated alkanes) is 4. The van der Waals surface area contributed by atoms with Crippen LogP contribution in [-0.2, 0) is 19.1 Å².